The molecule has 25 heavy (non-hydrogen) atoms. The van der Waals surface area contributed by atoms with Gasteiger partial charge in [0.15, 0.2) is 19.8 Å². The van der Waals surface area contributed by atoms with Crippen molar-refractivity contribution < 1.29 is 19.4 Å². The predicted octanol–water partition coefficient (Wildman–Crippen LogP) is 4.29. The van der Waals surface area contributed by atoms with Crippen molar-refractivity contribution in [3.63, 3.8) is 0 Å². The molecule has 0 aliphatic heterocycles. The Kier molecular flexibility index (Phi) is 7.13. The highest BCUT2D eigenvalue weighted by atomic mass is 28.4. The van der Waals surface area contributed by atoms with Crippen molar-refractivity contribution in [2.75, 3.05) is 7.11 Å². The van der Waals surface area contributed by atoms with Gasteiger partial charge in [-0.1, -0.05) is 46.5 Å². The minimum atomic E-state index is -1.88. The lowest BCUT2D eigenvalue weighted by Gasteiger charge is -2.36. The summed E-state index contributed by atoms with van der Waals surface area (Å²) in [6.07, 6.45) is -0.738. The fourth-order valence-corrected chi connectivity index (χ4v) is 2.76. The molecule has 0 fully saturated rings. The molecule has 0 saturated carbocycles. The zero-order chi connectivity index (χ0) is 19.4. The molecule has 4 nitrogen and oxygen atoms in total. The number of phenols is 1. The second kappa shape index (κ2) is 8.26. The molecule has 5 heteroatoms. The highest BCUT2D eigenvalue weighted by molar-refractivity contribution is 6.74. The Hall–Kier alpha value is -1.48. The van der Waals surface area contributed by atoms with Gasteiger partial charge in [0, 0.05) is 0 Å². The van der Waals surface area contributed by atoms with Crippen LogP contribution < -0.4 is 4.74 Å². The van der Waals surface area contributed by atoms with Crippen LogP contribution in [0, 0.1) is 17.8 Å². The van der Waals surface area contributed by atoms with Crippen molar-refractivity contribution in [2.24, 2.45) is 5.92 Å². The van der Waals surface area contributed by atoms with Gasteiger partial charge in [0.2, 0.25) is 0 Å². The zero-order valence-electron chi connectivity index (χ0n) is 16.7. The summed E-state index contributed by atoms with van der Waals surface area (Å²) in [5.74, 6) is 6.01. The summed E-state index contributed by atoms with van der Waals surface area (Å²) in [5, 5.41) is 20.3. The molecule has 1 atom stereocenters. The average molecular weight is 365 g/mol. The molecule has 0 saturated heterocycles. The van der Waals surface area contributed by atoms with Crippen LogP contribution in [0.3, 0.4) is 0 Å². The number of aliphatic hydroxyl groups is 1. The lowest BCUT2D eigenvalue weighted by Crippen LogP contribution is -2.40. The number of hydrogen-bond donors (Lipinski definition) is 2. The van der Waals surface area contributed by atoms with Crippen LogP contribution in [0.5, 0.6) is 11.5 Å². The molecule has 140 valence electrons. The quantitative estimate of drug-likeness (QED) is 0.604. The van der Waals surface area contributed by atoms with Crippen LogP contribution in [0.15, 0.2) is 12.1 Å². The van der Waals surface area contributed by atoms with E-state index in [2.05, 4.69) is 45.7 Å². The number of hydrogen-bond acceptors (Lipinski definition) is 4. The molecule has 1 unspecified atom stereocenters. The normalized spacial score (nSPS) is 13.4. The van der Waals surface area contributed by atoms with Gasteiger partial charge in [-0.25, -0.2) is 0 Å². The largest absolute Gasteiger partial charge is 0.503 e. The van der Waals surface area contributed by atoms with Gasteiger partial charge in [-0.15, -0.1) is 0 Å². The van der Waals surface area contributed by atoms with Gasteiger partial charge in [0.05, 0.1) is 19.3 Å². The lowest BCUT2D eigenvalue weighted by molar-refractivity contribution is 0.181. The van der Waals surface area contributed by atoms with E-state index in [-0.39, 0.29) is 16.7 Å². The Bertz CT molecular complexity index is 648. The minimum absolute atomic E-state index is 0.0120. The summed E-state index contributed by atoms with van der Waals surface area (Å²) in [6, 6.07) is 3.57. The average Bonchev–Trinajstić information content (AvgIpc) is 2.50. The van der Waals surface area contributed by atoms with Crippen molar-refractivity contribution in [1.29, 1.82) is 0 Å². The smallest absolute Gasteiger partial charge is 0.192 e. The summed E-state index contributed by atoms with van der Waals surface area (Å²) >= 11 is 0. The Morgan fingerprint density at radius 3 is 2.28 bits per heavy atom. The van der Waals surface area contributed by atoms with Crippen LogP contribution in [0.25, 0.3) is 0 Å². The highest BCUT2D eigenvalue weighted by Gasteiger charge is 2.37. The summed E-state index contributed by atoms with van der Waals surface area (Å²) < 4.78 is 11.5. The van der Waals surface area contributed by atoms with E-state index in [0.29, 0.717) is 17.9 Å². The van der Waals surface area contributed by atoms with Crippen molar-refractivity contribution >= 4 is 8.32 Å². The lowest BCUT2D eigenvalue weighted by atomic mass is 10.1. The van der Waals surface area contributed by atoms with Gasteiger partial charge in [-0.2, -0.15) is 0 Å². The zero-order valence-corrected chi connectivity index (χ0v) is 17.7. The molecule has 2 N–H and O–H groups in total. The Morgan fingerprint density at radius 1 is 1.20 bits per heavy atom. The van der Waals surface area contributed by atoms with Gasteiger partial charge in [0.1, 0.15) is 6.10 Å². The third-order valence-electron chi connectivity index (χ3n) is 4.75. The maximum Gasteiger partial charge on any atom is 0.192 e. The van der Waals surface area contributed by atoms with Crippen LogP contribution in [-0.4, -0.2) is 31.7 Å². The number of aliphatic hydroxyl groups excluding tert-OH is 1. The van der Waals surface area contributed by atoms with E-state index in [1.165, 1.54) is 7.11 Å². The van der Waals surface area contributed by atoms with Crippen LogP contribution >= 0.6 is 0 Å². The van der Waals surface area contributed by atoms with Crippen LogP contribution in [0.4, 0.5) is 0 Å². The Morgan fingerprint density at radius 2 is 1.80 bits per heavy atom. The molecule has 0 amide bonds. The van der Waals surface area contributed by atoms with Gasteiger partial charge in [0.25, 0.3) is 0 Å². The first-order valence-corrected chi connectivity index (χ1v) is 11.5. The van der Waals surface area contributed by atoms with Gasteiger partial charge >= 0.3 is 0 Å². The number of aromatic hydroxyl groups is 1. The standard InChI is InChI=1S/C20H32O4Si/c1-14(2)17(21)10-9-16-11-15(12-18(23-6)19(16)22)13-24-25(7,8)20(3,4)5/h11-12,14,17,21-22H,13H2,1-8H3. The first kappa shape index (κ1) is 21.6. The molecular weight excluding hydrogens is 332 g/mol. The first-order chi connectivity index (χ1) is 11.4. The molecule has 0 aliphatic rings. The molecule has 1 aromatic rings. The summed E-state index contributed by atoms with van der Waals surface area (Å²) in [6.45, 7) is 15.2. The van der Waals surface area contributed by atoms with E-state index in [4.69, 9.17) is 9.16 Å². The Balaban J connectivity index is 3.12. The number of ether oxygens (including phenoxy) is 1. The minimum Gasteiger partial charge on any atom is -0.503 e. The molecule has 0 heterocycles. The van der Waals surface area contributed by atoms with Gasteiger partial charge in [-0.05, 0) is 41.7 Å². The maximum absolute atomic E-state index is 10.3. The third kappa shape index (κ3) is 5.77. The molecule has 0 bridgehead atoms. The van der Waals surface area contributed by atoms with Crippen molar-refractivity contribution in [3.05, 3.63) is 23.3 Å². The third-order valence-corrected chi connectivity index (χ3v) is 9.23. The van der Waals surface area contributed by atoms with Crippen LogP contribution in [-0.2, 0) is 11.0 Å². The fraction of sp³-hybridized carbons (Fsp3) is 0.600. The first-order valence-electron chi connectivity index (χ1n) is 8.62. The molecule has 0 spiro atoms. The molecule has 0 aromatic heterocycles. The van der Waals surface area contributed by atoms with E-state index >= 15 is 0 Å². The highest BCUT2D eigenvalue weighted by Crippen LogP contribution is 2.38. The SMILES string of the molecule is COc1cc(CO[Si](C)(C)C(C)(C)C)cc(C#CC(O)C(C)C)c1O. The topological polar surface area (TPSA) is 58.9 Å². The van der Waals surface area contributed by atoms with E-state index in [1.807, 2.05) is 13.8 Å². The molecule has 1 rings (SSSR count). The summed E-state index contributed by atoms with van der Waals surface area (Å²) in [4.78, 5) is 0. The second-order valence-corrected chi connectivity index (χ2v) is 13.0. The van der Waals surface area contributed by atoms with E-state index in [9.17, 15) is 10.2 Å². The maximum atomic E-state index is 10.3. The number of phenolic OH excluding ortho intramolecular Hbond substituents is 1. The van der Waals surface area contributed by atoms with E-state index in [1.54, 1.807) is 12.1 Å². The predicted molar refractivity (Wildman–Crippen MR) is 104 cm³/mol. The fourth-order valence-electron chi connectivity index (χ4n) is 1.80. The molecule has 1 aromatic carbocycles. The second-order valence-electron chi connectivity index (χ2n) is 8.20. The molecule has 0 aliphatic carbocycles. The monoisotopic (exact) mass is 364 g/mol. The summed E-state index contributed by atoms with van der Waals surface area (Å²) in [5.41, 5.74) is 1.33. The summed E-state index contributed by atoms with van der Waals surface area (Å²) in [7, 11) is -0.369. The molecular formula is C20H32O4Si. The van der Waals surface area contributed by atoms with Crippen molar-refractivity contribution in [2.45, 2.75) is 65.5 Å². The van der Waals surface area contributed by atoms with Crippen molar-refractivity contribution in [3.8, 4) is 23.3 Å². The van der Waals surface area contributed by atoms with Crippen LogP contribution in [0.1, 0.15) is 45.7 Å². The van der Waals surface area contributed by atoms with Gasteiger partial charge in [-0.3, -0.25) is 0 Å². The Labute approximate surface area is 153 Å². The van der Waals surface area contributed by atoms with Crippen LogP contribution in [0.2, 0.25) is 18.1 Å². The van der Waals surface area contributed by atoms with E-state index in [0.717, 1.165) is 5.56 Å². The van der Waals surface area contributed by atoms with Gasteiger partial charge < -0.3 is 19.4 Å². The number of benzene rings is 1. The molecule has 0 radical (unpaired) electrons. The number of methoxy groups -OCH3 is 1. The number of rotatable bonds is 5. The van der Waals surface area contributed by atoms with Crippen molar-refractivity contribution in [1.82, 2.24) is 0 Å². The van der Waals surface area contributed by atoms with E-state index < -0.39 is 14.4 Å².